The molecule has 0 aliphatic carbocycles. The highest BCUT2D eigenvalue weighted by Gasteiger charge is 2.45. The maximum Gasteiger partial charge on any atom is 0.295 e. The summed E-state index contributed by atoms with van der Waals surface area (Å²) in [7, 11) is 7.73. The summed E-state index contributed by atoms with van der Waals surface area (Å²) < 4.78 is 0.862. The van der Waals surface area contributed by atoms with Crippen LogP contribution in [0, 0.1) is 0 Å². The monoisotopic (exact) mass is 471 g/mol. The Morgan fingerprint density at radius 2 is 1.60 bits per heavy atom. The van der Waals surface area contributed by atoms with E-state index in [9.17, 15) is 14.7 Å². The molecule has 158 valence electrons. The minimum absolute atomic E-state index is 0.124. The van der Waals surface area contributed by atoms with Gasteiger partial charge in [0.05, 0.1) is 11.6 Å². The molecule has 1 heterocycles. The van der Waals surface area contributed by atoms with Crippen LogP contribution in [0.4, 0.5) is 5.69 Å². The summed E-state index contributed by atoms with van der Waals surface area (Å²) in [4.78, 5) is 31.3. The van der Waals surface area contributed by atoms with Crippen LogP contribution in [0.1, 0.15) is 17.2 Å². The van der Waals surface area contributed by atoms with Gasteiger partial charge in [0.2, 0.25) is 0 Å². The predicted molar refractivity (Wildman–Crippen MR) is 122 cm³/mol. The molecule has 2 aromatic carbocycles. The molecule has 1 aliphatic heterocycles. The van der Waals surface area contributed by atoms with Crippen molar-refractivity contribution in [3.8, 4) is 0 Å². The Balaban J connectivity index is 2.12. The van der Waals surface area contributed by atoms with Crippen molar-refractivity contribution in [1.29, 1.82) is 0 Å². The van der Waals surface area contributed by atoms with Crippen LogP contribution in [0.5, 0.6) is 0 Å². The van der Waals surface area contributed by atoms with Crippen molar-refractivity contribution < 1.29 is 14.7 Å². The number of carbonyl (C=O) groups excluding carboxylic acids is 2. The lowest BCUT2D eigenvalue weighted by molar-refractivity contribution is -0.140. The number of ketones is 1. The average molecular weight is 472 g/mol. The Morgan fingerprint density at radius 3 is 2.13 bits per heavy atom. The van der Waals surface area contributed by atoms with Crippen molar-refractivity contribution in [3.05, 3.63) is 69.7 Å². The molecule has 1 atom stereocenters. The van der Waals surface area contributed by atoms with Gasteiger partial charge in [0.15, 0.2) is 0 Å². The molecule has 1 N–H and O–H groups in total. The van der Waals surface area contributed by atoms with Crippen molar-refractivity contribution in [2.75, 3.05) is 46.2 Å². The van der Waals surface area contributed by atoms with E-state index in [1.165, 1.54) is 0 Å². The van der Waals surface area contributed by atoms with Gasteiger partial charge in [0, 0.05) is 42.9 Å². The molecule has 0 spiro atoms. The highest BCUT2D eigenvalue weighted by Crippen LogP contribution is 2.39. The molecule has 0 saturated carbocycles. The number of hydrogen-bond donors (Lipinski definition) is 1. The van der Waals surface area contributed by atoms with E-state index in [2.05, 4.69) is 15.9 Å². The highest BCUT2D eigenvalue weighted by molar-refractivity contribution is 9.10. The van der Waals surface area contributed by atoms with Crippen molar-refractivity contribution in [1.82, 2.24) is 9.80 Å². The first kappa shape index (κ1) is 22.1. The van der Waals surface area contributed by atoms with Gasteiger partial charge in [-0.05, 0) is 43.9 Å². The summed E-state index contributed by atoms with van der Waals surface area (Å²) in [6, 6.07) is 14.1. The van der Waals surface area contributed by atoms with Gasteiger partial charge in [0.25, 0.3) is 11.7 Å². The number of carbonyl (C=O) groups is 2. The largest absolute Gasteiger partial charge is 0.507 e. The number of aliphatic hydroxyl groups is 1. The Hall–Kier alpha value is -2.64. The topological polar surface area (TPSA) is 64.1 Å². The molecule has 30 heavy (non-hydrogen) atoms. The second kappa shape index (κ2) is 9.02. The minimum atomic E-state index is -0.657. The molecule has 1 saturated heterocycles. The molecule has 1 aliphatic rings. The molecule has 1 amide bonds. The zero-order valence-electron chi connectivity index (χ0n) is 17.6. The average Bonchev–Trinajstić information content (AvgIpc) is 2.97. The maximum atomic E-state index is 13.0. The number of rotatable bonds is 6. The molecule has 3 rings (SSSR count). The number of aliphatic hydroxyl groups excluding tert-OH is 1. The number of nitrogens with zero attached hydrogens (tertiary/aromatic N) is 3. The number of likely N-dealkylation sites (tertiary alicyclic amines) is 1. The third-order valence-corrected chi connectivity index (χ3v) is 5.70. The number of hydrogen-bond acceptors (Lipinski definition) is 5. The smallest absolute Gasteiger partial charge is 0.295 e. The Kier molecular flexibility index (Phi) is 6.63. The minimum Gasteiger partial charge on any atom is -0.507 e. The number of anilines is 1. The van der Waals surface area contributed by atoms with Crippen molar-refractivity contribution >= 4 is 39.1 Å². The first-order valence-corrected chi connectivity index (χ1v) is 10.5. The number of benzene rings is 2. The third-order valence-electron chi connectivity index (χ3n) is 5.17. The van der Waals surface area contributed by atoms with Gasteiger partial charge >= 0.3 is 0 Å². The number of Topliss-reactive ketones (excluding diaryl/α,β-unsaturated/α-hetero) is 1. The fourth-order valence-electron chi connectivity index (χ4n) is 3.48. The molecule has 7 heteroatoms. The highest BCUT2D eigenvalue weighted by atomic mass is 79.9. The Labute approximate surface area is 185 Å². The zero-order chi connectivity index (χ0) is 22.0. The van der Waals surface area contributed by atoms with E-state index in [-0.39, 0.29) is 11.3 Å². The van der Waals surface area contributed by atoms with Crippen LogP contribution in [0.3, 0.4) is 0 Å². The fraction of sp³-hybridized carbons (Fsp3) is 0.304. The van der Waals surface area contributed by atoms with Crippen LogP contribution < -0.4 is 4.90 Å². The maximum absolute atomic E-state index is 13.0. The van der Waals surface area contributed by atoms with Crippen LogP contribution in [0.25, 0.3) is 5.76 Å². The lowest BCUT2D eigenvalue weighted by Crippen LogP contribution is -2.35. The molecule has 0 radical (unpaired) electrons. The molecule has 2 aromatic rings. The van der Waals surface area contributed by atoms with Crippen LogP contribution in [-0.4, -0.2) is 67.9 Å². The lowest BCUT2D eigenvalue weighted by atomic mass is 9.95. The Bertz CT molecular complexity index is 966. The molecular formula is C23H26BrN3O3. The van der Waals surface area contributed by atoms with Gasteiger partial charge in [-0.3, -0.25) is 9.59 Å². The van der Waals surface area contributed by atoms with E-state index in [1.54, 1.807) is 29.2 Å². The fourth-order valence-corrected chi connectivity index (χ4v) is 3.75. The van der Waals surface area contributed by atoms with Crippen LogP contribution in [0.2, 0.25) is 0 Å². The summed E-state index contributed by atoms with van der Waals surface area (Å²) in [6.07, 6.45) is 0. The van der Waals surface area contributed by atoms with Crippen molar-refractivity contribution in [2.24, 2.45) is 0 Å². The summed E-state index contributed by atoms with van der Waals surface area (Å²) in [6.45, 7) is 0.992. The van der Waals surface area contributed by atoms with Crippen molar-refractivity contribution in [2.45, 2.75) is 6.04 Å². The van der Waals surface area contributed by atoms with Crippen LogP contribution >= 0.6 is 15.9 Å². The summed E-state index contributed by atoms with van der Waals surface area (Å²) in [5.41, 5.74) is 2.42. The molecule has 1 unspecified atom stereocenters. The first-order valence-electron chi connectivity index (χ1n) is 9.67. The number of likely N-dealkylation sites (N-methyl/N-ethyl adjacent to an activating group) is 1. The van der Waals surface area contributed by atoms with Gasteiger partial charge in [-0.1, -0.05) is 40.2 Å². The van der Waals surface area contributed by atoms with E-state index >= 15 is 0 Å². The second-order valence-electron chi connectivity index (χ2n) is 7.79. The van der Waals surface area contributed by atoms with E-state index < -0.39 is 17.7 Å². The van der Waals surface area contributed by atoms with E-state index in [0.717, 1.165) is 15.7 Å². The summed E-state index contributed by atoms with van der Waals surface area (Å²) in [5, 5.41) is 11.0. The molecule has 0 bridgehead atoms. The summed E-state index contributed by atoms with van der Waals surface area (Å²) >= 11 is 3.37. The summed E-state index contributed by atoms with van der Waals surface area (Å²) in [5.74, 6) is -1.40. The lowest BCUT2D eigenvalue weighted by Gasteiger charge is -2.27. The predicted octanol–water partition coefficient (Wildman–Crippen LogP) is 3.50. The van der Waals surface area contributed by atoms with E-state index in [0.29, 0.717) is 18.7 Å². The SMILES string of the molecule is CN(C)CCN1C(=O)C(=O)/C(=C(\O)c2ccc(Br)cc2)C1c1ccc(N(C)C)cc1. The normalized spacial score (nSPS) is 18.3. The second-order valence-corrected chi connectivity index (χ2v) is 8.70. The van der Waals surface area contributed by atoms with Gasteiger partial charge < -0.3 is 19.8 Å². The van der Waals surface area contributed by atoms with Gasteiger partial charge in [-0.25, -0.2) is 0 Å². The standard InChI is InChI=1S/C23H26BrN3O3/c1-25(2)13-14-27-20(15-7-11-18(12-8-15)26(3)4)19(22(29)23(27)30)21(28)16-5-9-17(24)10-6-16/h5-12,20,28H,13-14H2,1-4H3/b21-19-. The number of halogens is 1. The van der Waals surface area contributed by atoms with Gasteiger partial charge in [0.1, 0.15) is 5.76 Å². The van der Waals surface area contributed by atoms with E-state index in [4.69, 9.17) is 0 Å². The van der Waals surface area contributed by atoms with Crippen molar-refractivity contribution in [3.63, 3.8) is 0 Å². The van der Waals surface area contributed by atoms with Gasteiger partial charge in [-0.2, -0.15) is 0 Å². The first-order chi connectivity index (χ1) is 14.2. The van der Waals surface area contributed by atoms with E-state index in [1.807, 2.05) is 62.3 Å². The quantitative estimate of drug-likeness (QED) is 0.396. The Morgan fingerprint density at radius 1 is 1.00 bits per heavy atom. The zero-order valence-corrected chi connectivity index (χ0v) is 19.2. The van der Waals surface area contributed by atoms with Gasteiger partial charge in [-0.15, -0.1) is 0 Å². The molecular weight excluding hydrogens is 446 g/mol. The molecule has 1 fully saturated rings. The number of amides is 1. The third kappa shape index (κ3) is 4.42. The van der Waals surface area contributed by atoms with Crippen LogP contribution in [0.15, 0.2) is 58.6 Å². The van der Waals surface area contributed by atoms with Crippen LogP contribution in [-0.2, 0) is 9.59 Å². The molecule has 0 aromatic heterocycles. The molecule has 6 nitrogen and oxygen atoms in total.